The summed E-state index contributed by atoms with van der Waals surface area (Å²) in [5.74, 6) is -0.758. The number of likely N-dealkylation sites (N-methyl/N-ethyl adjacent to an activating group) is 1. The van der Waals surface area contributed by atoms with Gasteiger partial charge in [-0.15, -0.1) is 0 Å². The Balaban J connectivity index is 4.72. The summed E-state index contributed by atoms with van der Waals surface area (Å²) >= 11 is 0. The van der Waals surface area contributed by atoms with E-state index in [0.717, 1.165) is 64.2 Å². The van der Waals surface area contributed by atoms with Crippen LogP contribution in [0.3, 0.4) is 0 Å². The summed E-state index contributed by atoms with van der Waals surface area (Å²) in [6.07, 6.45) is 48.4. The van der Waals surface area contributed by atoms with Crippen LogP contribution in [0.4, 0.5) is 0 Å². The molecule has 0 aromatic carbocycles. The quantitative estimate of drug-likeness (QED) is 0.0261. The second-order valence-corrected chi connectivity index (χ2v) is 18.0. The molecule has 0 spiro atoms. The molecule has 0 aromatic rings. The molecule has 0 bridgehead atoms. The van der Waals surface area contributed by atoms with Gasteiger partial charge in [-0.25, -0.2) is 0 Å². The molecule has 0 aliphatic rings. The molecular weight excluding hydrogens is 735 g/mol. The number of carbonyl (C=O) groups is 3. The molecule has 0 fully saturated rings. The van der Waals surface area contributed by atoms with Crippen molar-refractivity contribution >= 4 is 17.9 Å². The first-order valence-corrected chi connectivity index (χ1v) is 25.6. The third kappa shape index (κ3) is 38.8. The Bertz CT molecular complexity index is 923. The fourth-order valence-corrected chi connectivity index (χ4v) is 7.58. The lowest BCUT2D eigenvalue weighted by molar-refractivity contribution is -0.163. The average Bonchev–Trinajstić information content (AvgIpc) is 3.23. The van der Waals surface area contributed by atoms with E-state index in [0.29, 0.717) is 19.3 Å². The van der Waals surface area contributed by atoms with E-state index in [1.54, 1.807) is 0 Å². The first kappa shape index (κ1) is 57.1. The number of ether oxygens (including phenoxy) is 3. The van der Waals surface area contributed by atoms with Crippen LogP contribution in [0.15, 0.2) is 12.2 Å². The van der Waals surface area contributed by atoms with Crippen molar-refractivity contribution in [1.29, 1.82) is 0 Å². The van der Waals surface area contributed by atoms with Crippen LogP contribution in [0, 0.1) is 0 Å². The van der Waals surface area contributed by atoms with E-state index in [-0.39, 0.29) is 37.7 Å². The molecule has 0 rings (SSSR count). The summed E-state index contributed by atoms with van der Waals surface area (Å²) in [7, 11) is 3.74. The Kier molecular flexibility index (Phi) is 42.8. The molecular formula is C52H99NO6. The largest absolute Gasteiger partial charge is 0.463 e. The zero-order chi connectivity index (χ0) is 43.3. The van der Waals surface area contributed by atoms with Crippen molar-refractivity contribution in [2.24, 2.45) is 0 Å². The molecule has 348 valence electrons. The standard InChI is InChI=1S/C52H99NO6/c1-6-9-12-15-18-21-24-25-26-27-30-33-36-39-42-45-51(56)59-48-52(53(4)5,46-57-49(54)43-40-37-34-31-28-22-19-16-13-10-7-2)47-58-50(55)44-41-38-35-32-29-23-20-17-14-11-8-3/h25-26H,6-24,27-48H2,1-5H3/b26-25-. The molecule has 0 aliphatic carbocycles. The van der Waals surface area contributed by atoms with Gasteiger partial charge in [-0.3, -0.25) is 19.3 Å². The van der Waals surface area contributed by atoms with Gasteiger partial charge in [0.1, 0.15) is 25.4 Å². The highest BCUT2D eigenvalue weighted by Crippen LogP contribution is 2.20. The third-order valence-corrected chi connectivity index (χ3v) is 12.1. The molecule has 0 aromatic heterocycles. The Hall–Kier alpha value is -1.89. The minimum absolute atomic E-state index is 0.00135. The maximum atomic E-state index is 12.9. The SMILES string of the molecule is CCCCCCCC/C=C\CCCCCCCC(=O)OCC(COC(=O)CCCCCCCCCCCCC)(COC(=O)CCCCCCCCCCCCC)N(C)C. The molecule has 0 heterocycles. The summed E-state index contributed by atoms with van der Waals surface area (Å²) in [4.78, 5) is 40.6. The average molecular weight is 834 g/mol. The van der Waals surface area contributed by atoms with Gasteiger partial charge >= 0.3 is 17.9 Å². The lowest BCUT2D eigenvalue weighted by Crippen LogP contribution is -2.56. The maximum Gasteiger partial charge on any atom is 0.305 e. The Morgan fingerprint density at radius 2 is 0.576 bits per heavy atom. The van der Waals surface area contributed by atoms with E-state index in [1.165, 1.54) is 161 Å². The molecule has 0 atom stereocenters. The third-order valence-electron chi connectivity index (χ3n) is 12.1. The lowest BCUT2D eigenvalue weighted by atomic mass is 10.0. The number of hydrogen-bond donors (Lipinski definition) is 0. The van der Waals surface area contributed by atoms with Gasteiger partial charge in [0.15, 0.2) is 0 Å². The van der Waals surface area contributed by atoms with Crippen molar-refractivity contribution in [3.8, 4) is 0 Å². The molecule has 0 radical (unpaired) electrons. The highest BCUT2D eigenvalue weighted by atomic mass is 16.6. The van der Waals surface area contributed by atoms with Crippen LogP contribution in [0.2, 0.25) is 0 Å². The van der Waals surface area contributed by atoms with Crippen molar-refractivity contribution in [3.63, 3.8) is 0 Å². The van der Waals surface area contributed by atoms with E-state index in [4.69, 9.17) is 14.2 Å². The summed E-state index contributed by atoms with van der Waals surface area (Å²) in [5, 5.41) is 0. The first-order chi connectivity index (χ1) is 28.8. The molecule has 59 heavy (non-hydrogen) atoms. The number of rotatable bonds is 46. The van der Waals surface area contributed by atoms with E-state index in [9.17, 15) is 14.4 Å². The molecule has 0 saturated carbocycles. The monoisotopic (exact) mass is 834 g/mol. The minimum atomic E-state index is -0.947. The van der Waals surface area contributed by atoms with Crippen molar-refractivity contribution in [2.45, 2.75) is 270 Å². The smallest absolute Gasteiger partial charge is 0.305 e. The number of allylic oxidation sites excluding steroid dienone is 2. The fraction of sp³-hybridized carbons (Fsp3) is 0.904. The topological polar surface area (TPSA) is 82.1 Å². The van der Waals surface area contributed by atoms with Gasteiger partial charge in [-0.2, -0.15) is 0 Å². The maximum absolute atomic E-state index is 12.9. The Morgan fingerprint density at radius 3 is 0.814 bits per heavy atom. The predicted octanol–water partition coefficient (Wildman–Crippen LogP) is 15.4. The van der Waals surface area contributed by atoms with Gasteiger partial charge in [-0.1, -0.05) is 213 Å². The van der Waals surface area contributed by atoms with Gasteiger partial charge in [0.2, 0.25) is 0 Å². The van der Waals surface area contributed by atoms with Crippen LogP contribution >= 0.6 is 0 Å². The number of carbonyl (C=O) groups excluding carboxylic acids is 3. The van der Waals surface area contributed by atoms with Crippen molar-refractivity contribution < 1.29 is 28.6 Å². The lowest BCUT2D eigenvalue weighted by Gasteiger charge is -2.38. The zero-order valence-corrected chi connectivity index (χ0v) is 40.0. The molecule has 0 aliphatic heterocycles. The van der Waals surface area contributed by atoms with Crippen LogP contribution in [0.1, 0.15) is 265 Å². The summed E-state index contributed by atoms with van der Waals surface area (Å²) in [5.41, 5.74) is -0.947. The molecule has 7 heteroatoms. The van der Waals surface area contributed by atoms with Crippen molar-refractivity contribution in [2.75, 3.05) is 33.9 Å². The predicted molar refractivity (Wildman–Crippen MR) is 251 cm³/mol. The van der Waals surface area contributed by atoms with E-state index in [1.807, 2.05) is 19.0 Å². The molecule has 7 nitrogen and oxygen atoms in total. The van der Waals surface area contributed by atoms with E-state index < -0.39 is 5.54 Å². The normalized spacial score (nSPS) is 11.8. The van der Waals surface area contributed by atoms with Gasteiger partial charge in [0.05, 0.1) is 0 Å². The van der Waals surface area contributed by atoms with E-state index >= 15 is 0 Å². The summed E-state index contributed by atoms with van der Waals surface area (Å²) in [6.45, 7) is 6.78. The van der Waals surface area contributed by atoms with Gasteiger partial charge in [0, 0.05) is 19.3 Å². The van der Waals surface area contributed by atoms with Crippen molar-refractivity contribution in [1.82, 2.24) is 4.90 Å². The van der Waals surface area contributed by atoms with Gasteiger partial charge in [0.25, 0.3) is 0 Å². The van der Waals surface area contributed by atoms with Gasteiger partial charge in [-0.05, 0) is 59.0 Å². The summed E-state index contributed by atoms with van der Waals surface area (Å²) in [6, 6.07) is 0. The molecule has 0 N–H and O–H groups in total. The second kappa shape index (κ2) is 44.2. The van der Waals surface area contributed by atoms with Gasteiger partial charge < -0.3 is 14.2 Å². The zero-order valence-electron chi connectivity index (χ0n) is 40.0. The number of esters is 3. The van der Waals surface area contributed by atoms with Crippen LogP contribution in [0.5, 0.6) is 0 Å². The van der Waals surface area contributed by atoms with E-state index in [2.05, 4.69) is 32.9 Å². The van der Waals surface area contributed by atoms with Crippen LogP contribution in [-0.2, 0) is 28.6 Å². The Labute approximate surface area is 366 Å². The highest BCUT2D eigenvalue weighted by molar-refractivity contribution is 5.70. The highest BCUT2D eigenvalue weighted by Gasteiger charge is 2.38. The molecule has 0 saturated heterocycles. The summed E-state index contributed by atoms with van der Waals surface area (Å²) < 4.78 is 17.5. The second-order valence-electron chi connectivity index (χ2n) is 18.0. The fourth-order valence-electron chi connectivity index (χ4n) is 7.58. The number of hydrogen-bond acceptors (Lipinski definition) is 7. The van der Waals surface area contributed by atoms with Crippen LogP contribution in [-0.4, -0.2) is 62.3 Å². The first-order valence-electron chi connectivity index (χ1n) is 25.6. The Morgan fingerprint density at radius 1 is 0.356 bits per heavy atom. The number of nitrogens with zero attached hydrogens (tertiary/aromatic N) is 1. The van der Waals surface area contributed by atoms with Crippen LogP contribution < -0.4 is 0 Å². The number of unbranched alkanes of at least 4 members (excludes halogenated alkanes) is 31. The van der Waals surface area contributed by atoms with Crippen molar-refractivity contribution in [3.05, 3.63) is 12.2 Å². The minimum Gasteiger partial charge on any atom is -0.463 e. The molecule has 0 amide bonds. The molecule has 0 unspecified atom stereocenters. The van der Waals surface area contributed by atoms with Crippen LogP contribution in [0.25, 0.3) is 0 Å².